The molecule has 0 amide bonds. The van der Waals surface area contributed by atoms with Crippen molar-refractivity contribution in [3.63, 3.8) is 0 Å². The Hall–Kier alpha value is -2.85. The number of nitrogens with zero attached hydrogens (tertiary/aromatic N) is 5. The van der Waals surface area contributed by atoms with E-state index in [1.165, 1.54) is 11.8 Å². The molecule has 0 unspecified atom stereocenters. The van der Waals surface area contributed by atoms with Crippen LogP contribution in [0.1, 0.15) is 11.5 Å². The molecule has 0 aliphatic carbocycles. The van der Waals surface area contributed by atoms with Crippen molar-refractivity contribution in [3.05, 3.63) is 47.2 Å². The fourth-order valence-corrected chi connectivity index (χ4v) is 4.12. The number of thioether (sulfide) groups is 1. The molecule has 4 aromatic rings. The third-order valence-corrected chi connectivity index (χ3v) is 5.81. The summed E-state index contributed by atoms with van der Waals surface area (Å²) in [5, 5.41) is 14.7. The van der Waals surface area contributed by atoms with E-state index in [2.05, 4.69) is 20.5 Å². The molecule has 0 atom stereocenters. The number of thiophene rings is 1. The van der Waals surface area contributed by atoms with Crippen molar-refractivity contribution < 1.29 is 13.9 Å². The predicted molar refractivity (Wildman–Crippen MR) is 106 cm³/mol. The van der Waals surface area contributed by atoms with Crippen LogP contribution in [-0.4, -0.2) is 39.4 Å². The van der Waals surface area contributed by atoms with Crippen LogP contribution in [0.4, 0.5) is 0 Å². The van der Waals surface area contributed by atoms with Gasteiger partial charge in [-0.3, -0.25) is 0 Å². The molecule has 144 valence electrons. The molecule has 0 aliphatic heterocycles. The molecule has 0 spiro atoms. The quantitative estimate of drug-likeness (QED) is 0.419. The molecule has 0 radical (unpaired) electrons. The lowest BCUT2D eigenvalue weighted by atomic mass is 10.3. The maximum Gasteiger partial charge on any atom is 0.236 e. The molecular formula is C18H17N5O3S2. The third kappa shape index (κ3) is 3.60. The molecule has 28 heavy (non-hydrogen) atoms. The Kier molecular flexibility index (Phi) is 5.31. The lowest BCUT2D eigenvalue weighted by Crippen LogP contribution is -2.03. The molecule has 3 aromatic heterocycles. The minimum absolute atomic E-state index is 0.577. The highest BCUT2D eigenvalue weighted by atomic mass is 32.2. The highest BCUT2D eigenvalue weighted by Crippen LogP contribution is 2.32. The third-order valence-electron chi connectivity index (χ3n) is 4.02. The van der Waals surface area contributed by atoms with Gasteiger partial charge in [-0.05, 0) is 40.9 Å². The van der Waals surface area contributed by atoms with Gasteiger partial charge in [-0.15, -0.1) is 16.4 Å². The van der Waals surface area contributed by atoms with Crippen molar-refractivity contribution in [3.8, 4) is 28.0 Å². The monoisotopic (exact) mass is 415 g/mol. The first-order chi connectivity index (χ1) is 13.7. The molecule has 8 nitrogen and oxygen atoms in total. The second kappa shape index (κ2) is 8.03. The summed E-state index contributed by atoms with van der Waals surface area (Å²) in [6.07, 6.45) is 0. The molecule has 3 heterocycles. The van der Waals surface area contributed by atoms with Crippen LogP contribution in [0.15, 0.2) is 45.3 Å². The number of ether oxygens (including phenoxy) is 2. The highest BCUT2D eigenvalue weighted by molar-refractivity contribution is 7.98. The van der Waals surface area contributed by atoms with Crippen LogP contribution in [0, 0.1) is 6.92 Å². The maximum absolute atomic E-state index is 5.80. The Labute approximate surface area is 169 Å². The number of hydrogen-bond donors (Lipinski definition) is 0. The number of hydrogen-bond acceptors (Lipinski definition) is 9. The van der Waals surface area contributed by atoms with Gasteiger partial charge in [0.25, 0.3) is 0 Å². The van der Waals surface area contributed by atoms with E-state index in [9.17, 15) is 0 Å². The van der Waals surface area contributed by atoms with Crippen molar-refractivity contribution in [1.82, 2.24) is 25.2 Å². The van der Waals surface area contributed by atoms with E-state index in [0.29, 0.717) is 34.0 Å². The molecule has 1 aromatic carbocycles. The highest BCUT2D eigenvalue weighted by Gasteiger charge is 2.17. The standard InChI is InChI=1S/C18H17N5O3S2/c1-11-13(19-17(26-11)16-5-4-8-27-16)10-28-18-20-21-22-23(18)14-9-12(24-2)6-7-15(14)25-3/h4-9H,10H2,1-3H3. The van der Waals surface area contributed by atoms with Crippen LogP contribution in [0.25, 0.3) is 16.5 Å². The van der Waals surface area contributed by atoms with Crippen LogP contribution in [-0.2, 0) is 5.75 Å². The zero-order valence-corrected chi connectivity index (χ0v) is 17.1. The molecule has 0 saturated heterocycles. The first kappa shape index (κ1) is 18.5. The average molecular weight is 416 g/mol. The molecular weight excluding hydrogens is 398 g/mol. The minimum atomic E-state index is 0.577. The van der Waals surface area contributed by atoms with Crippen molar-refractivity contribution in [2.24, 2.45) is 0 Å². The van der Waals surface area contributed by atoms with E-state index in [4.69, 9.17) is 13.9 Å². The zero-order chi connectivity index (χ0) is 19.5. The Morgan fingerprint density at radius 3 is 2.86 bits per heavy atom. The van der Waals surface area contributed by atoms with E-state index >= 15 is 0 Å². The molecule has 0 aliphatic rings. The lowest BCUT2D eigenvalue weighted by Gasteiger charge is -2.10. The van der Waals surface area contributed by atoms with Crippen molar-refractivity contribution in [1.29, 1.82) is 0 Å². The van der Waals surface area contributed by atoms with Crippen LogP contribution in [0.2, 0.25) is 0 Å². The molecule has 10 heteroatoms. The normalized spacial score (nSPS) is 11.0. The molecule has 0 fully saturated rings. The van der Waals surface area contributed by atoms with Gasteiger partial charge in [-0.1, -0.05) is 17.8 Å². The fraction of sp³-hybridized carbons (Fsp3) is 0.222. The summed E-state index contributed by atoms with van der Waals surface area (Å²) in [6.45, 7) is 1.91. The molecule has 0 N–H and O–H groups in total. The maximum atomic E-state index is 5.80. The van der Waals surface area contributed by atoms with Crippen LogP contribution in [0.5, 0.6) is 11.5 Å². The van der Waals surface area contributed by atoms with Gasteiger partial charge in [0.15, 0.2) is 0 Å². The summed E-state index contributed by atoms with van der Waals surface area (Å²) < 4.78 is 18.2. The van der Waals surface area contributed by atoms with E-state index in [0.717, 1.165) is 16.3 Å². The van der Waals surface area contributed by atoms with E-state index in [1.807, 2.05) is 42.6 Å². The van der Waals surface area contributed by atoms with Gasteiger partial charge in [0.1, 0.15) is 22.9 Å². The number of aryl methyl sites for hydroxylation is 1. The zero-order valence-electron chi connectivity index (χ0n) is 15.4. The fourth-order valence-electron chi connectivity index (χ4n) is 2.58. The number of rotatable bonds is 7. The SMILES string of the molecule is COc1ccc(OC)c(-n2nnnc2SCc2nc(-c3cccs3)oc2C)c1. The van der Waals surface area contributed by atoms with Crippen molar-refractivity contribution in [2.75, 3.05) is 14.2 Å². The Balaban J connectivity index is 1.58. The number of aromatic nitrogens is 5. The summed E-state index contributed by atoms with van der Waals surface area (Å²) in [5.41, 5.74) is 1.56. The van der Waals surface area contributed by atoms with Gasteiger partial charge in [-0.2, -0.15) is 4.68 Å². The van der Waals surface area contributed by atoms with Crippen LogP contribution in [0.3, 0.4) is 0 Å². The number of methoxy groups -OCH3 is 2. The Morgan fingerprint density at radius 2 is 2.11 bits per heavy atom. The van der Waals surface area contributed by atoms with Gasteiger partial charge < -0.3 is 13.9 Å². The summed E-state index contributed by atoms with van der Waals surface area (Å²) >= 11 is 3.07. The summed E-state index contributed by atoms with van der Waals surface area (Å²) in [4.78, 5) is 5.62. The Bertz CT molecular complexity index is 1080. The second-order valence-electron chi connectivity index (χ2n) is 5.70. The van der Waals surface area contributed by atoms with Crippen molar-refractivity contribution in [2.45, 2.75) is 17.8 Å². The molecule has 0 saturated carbocycles. The number of tetrazole rings is 1. The molecule has 0 bridgehead atoms. The van der Waals surface area contributed by atoms with Crippen LogP contribution < -0.4 is 9.47 Å². The van der Waals surface area contributed by atoms with Crippen molar-refractivity contribution >= 4 is 23.1 Å². The molecule has 4 rings (SSSR count). The number of benzene rings is 1. The number of oxazole rings is 1. The summed E-state index contributed by atoms with van der Waals surface area (Å²) in [6, 6.07) is 9.44. The van der Waals surface area contributed by atoms with E-state index in [1.54, 1.807) is 30.2 Å². The second-order valence-corrected chi connectivity index (χ2v) is 7.59. The largest absolute Gasteiger partial charge is 0.497 e. The summed E-state index contributed by atoms with van der Waals surface area (Å²) in [5.74, 6) is 3.33. The van der Waals surface area contributed by atoms with E-state index < -0.39 is 0 Å². The minimum Gasteiger partial charge on any atom is -0.497 e. The van der Waals surface area contributed by atoms with E-state index in [-0.39, 0.29) is 0 Å². The van der Waals surface area contributed by atoms with Crippen LogP contribution >= 0.6 is 23.1 Å². The summed E-state index contributed by atoms with van der Waals surface area (Å²) in [7, 11) is 3.21. The van der Waals surface area contributed by atoms with Gasteiger partial charge in [0, 0.05) is 11.8 Å². The average Bonchev–Trinajstić information content (AvgIpc) is 3.46. The van der Waals surface area contributed by atoms with Gasteiger partial charge >= 0.3 is 0 Å². The first-order valence-electron chi connectivity index (χ1n) is 8.33. The smallest absolute Gasteiger partial charge is 0.236 e. The van der Waals surface area contributed by atoms with Gasteiger partial charge in [0.05, 0.1) is 24.8 Å². The first-order valence-corrected chi connectivity index (χ1v) is 10.2. The van der Waals surface area contributed by atoms with Gasteiger partial charge in [-0.25, -0.2) is 4.98 Å². The predicted octanol–water partition coefficient (Wildman–Crippen LogP) is 4.00. The topological polar surface area (TPSA) is 88.1 Å². The van der Waals surface area contributed by atoms with Gasteiger partial charge in [0.2, 0.25) is 11.0 Å². The lowest BCUT2D eigenvalue weighted by molar-refractivity contribution is 0.399. The Morgan fingerprint density at radius 1 is 1.21 bits per heavy atom.